The Labute approximate surface area is 213 Å². The second kappa shape index (κ2) is 12.7. The maximum absolute atomic E-state index is 5.00. The summed E-state index contributed by atoms with van der Waals surface area (Å²) in [5.74, 6) is 0. The standard InChI is InChI=1S/C32H33NP2/c1-32(2,24-15-26-34(28-16-7-3-8-17-28)29-18-9-4-10-19-29)33-25-27-35(30-20-11-5-12-21-30)31-22-13-6-14-23-31/h3-25H,26-27H2,1-2H3. The summed E-state index contributed by atoms with van der Waals surface area (Å²) in [4.78, 5) is 5.00. The van der Waals surface area contributed by atoms with E-state index in [1.165, 1.54) is 21.2 Å². The predicted octanol–water partition coefficient (Wildman–Crippen LogP) is 6.66. The zero-order valence-corrected chi connectivity index (χ0v) is 22.3. The van der Waals surface area contributed by atoms with Crippen molar-refractivity contribution in [3.63, 3.8) is 0 Å². The first-order valence-corrected chi connectivity index (χ1v) is 15.1. The van der Waals surface area contributed by atoms with E-state index in [1.54, 1.807) is 0 Å². The molecule has 4 aromatic rings. The number of benzene rings is 4. The van der Waals surface area contributed by atoms with E-state index in [4.69, 9.17) is 4.99 Å². The van der Waals surface area contributed by atoms with E-state index in [-0.39, 0.29) is 5.54 Å². The monoisotopic (exact) mass is 493 g/mol. The molecule has 0 aliphatic heterocycles. The minimum absolute atomic E-state index is 0.233. The number of allylic oxidation sites excluding steroid dienone is 1. The van der Waals surface area contributed by atoms with Crippen LogP contribution in [-0.2, 0) is 0 Å². The second-order valence-electron chi connectivity index (χ2n) is 8.93. The predicted molar refractivity (Wildman–Crippen MR) is 160 cm³/mol. The van der Waals surface area contributed by atoms with Crippen LogP contribution in [0.2, 0.25) is 0 Å². The van der Waals surface area contributed by atoms with Crippen molar-refractivity contribution in [1.29, 1.82) is 0 Å². The summed E-state index contributed by atoms with van der Waals surface area (Å²) in [6.07, 6.45) is 8.72. The van der Waals surface area contributed by atoms with Crippen molar-refractivity contribution in [2.24, 2.45) is 4.99 Å². The Morgan fingerprint density at radius 2 is 0.886 bits per heavy atom. The summed E-state index contributed by atoms with van der Waals surface area (Å²) >= 11 is 0. The third-order valence-corrected chi connectivity index (χ3v) is 10.6. The van der Waals surface area contributed by atoms with E-state index in [9.17, 15) is 0 Å². The number of nitrogens with zero attached hydrogens (tertiary/aromatic N) is 1. The quantitative estimate of drug-likeness (QED) is 0.133. The Kier molecular flexibility index (Phi) is 9.19. The topological polar surface area (TPSA) is 12.4 Å². The highest BCUT2D eigenvalue weighted by Gasteiger charge is 2.16. The Bertz CT molecular complexity index is 1030. The first kappa shape index (κ1) is 25.2. The van der Waals surface area contributed by atoms with Gasteiger partial charge in [-0.05, 0) is 57.1 Å². The van der Waals surface area contributed by atoms with Gasteiger partial charge in [0.25, 0.3) is 0 Å². The van der Waals surface area contributed by atoms with Crippen molar-refractivity contribution >= 4 is 43.3 Å². The summed E-state index contributed by atoms with van der Waals surface area (Å²) in [5.41, 5.74) is -0.233. The molecule has 0 fully saturated rings. The molecule has 0 aromatic heterocycles. The van der Waals surface area contributed by atoms with Gasteiger partial charge >= 0.3 is 0 Å². The van der Waals surface area contributed by atoms with Gasteiger partial charge in [-0.1, -0.05) is 133 Å². The van der Waals surface area contributed by atoms with E-state index >= 15 is 0 Å². The zero-order valence-electron chi connectivity index (χ0n) is 20.5. The molecule has 0 aliphatic carbocycles. The third-order valence-electron chi connectivity index (χ3n) is 5.77. The first-order chi connectivity index (χ1) is 17.1. The van der Waals surface area contributed by atoms with Crippen LogP contribution in [0.15, 0.2) is 138 Å². The van der Waals surface area contributed by atoms with Crippen LogP contribution in [0.1, 0.15) is 13.8 Å². The lowest BCUT2D eigenvalue weighted by Gasteiger charge is -2.20. The number of hydrogen-bond acceptors (Lipinski definition) is 1. The molecule has 176 valence electrons. The lowest BCUT2D eigenvalue weighted by atomic mass is 10.1. The molecule has 0 unspecified atom stereocenters. The maximum atomic E-state index is 5.00. The highest BCUT2D eigenvalue weighted by Crippen LogP contribution is 2.34. The summed E-state index contributed by atoms with van der Waals surface area (Å²) in [6.45, 7) is 4.39. The molecule has 4 rings (SSSR count). The average Bonchev–Trinajstić information content (AvgIpc) is 2.91. The largest absolute Gasteiger partial charge is 0.287 e. The molecule has 0 saturated heterocycles. The van der Waals surface area contributed by atoms with E-state index < -0.39 is 15.8 Å². The molecule has 0 bridgehead atoms. The fourth-order valence-corrected chi connectivity index (χ4v) is 8.13. The van der Waals surface area contributed by atoms with Gasteiger partial charge in [-0.15, -0.1) is 0 Å². The van der Waals surface area contributed by atoms with Gasteiger partial charge in [-0.25, -0.2) is 0 Å². The van der Waals surface area contributed by atoms with Gasteiger partial charge in [0.1, 0.15) is 0 Å². The van der Waals surface area contributed by atoms with Crippen LogP contribution < -0.4 is 21.2 Å². The van der Waals surface area contributed by atoms with E-state index in [0.717, 1.165) is 12.3 Å². The summed E-state index contributed by atoms with van der Waals surface area (Å²) in [7, 11) is -0.881. The van der Waals surface area contributed by atoms with Crippen LogP contribution >= 0.6 is 15.8 Å². The summed E-state index contributed by atoms with van der Waals surface area (Å²) < 4.78 is 0. The molecule has 4 aromatic carbocycles. The molecule has 0 amide bonds. The molecule has 0 heterocycles. The fraction of sp³-hybridized carbons (Fsp3) is 0.156. The van der Waals surface area contributed by atoms with Gasteiger partial charge in [0.05, 0.1) is 5.54 Å². The van der Waals surface area contributed by atoms with Crippen molar-refractivity contribution in [3.8, 4) is 0 Å². The van der Waals surface area contributed by atoms with Crippen molar-refractivity contribution < 1.29 is 0 Å². The van der Waals surface area contributed by atoms with Gasteiger partial charge in [0, 0.05) is 12.4 Å². The van der Waals surface area contributed by atoms with Gasteiger partial charge in [-0.3, -0.25) is 4.99 Å². The normalized spacial score (nSPS) is 12.2. The maximum Gasteiger partial charge on any atom is 0.0727 e. The average molecular weight is 494 g/mol. The Morgan fingerprint density at radius 1 is 0.543 bits per heavy atom. The fourth-order valence-electron chi connectivity index (χ4n) is 4.00. The Balaban J connectivity index is 1.46. The zero-order chi connectivity index (χ0) is 24.3. The van der Waals surface area contributed by atoms with E-state index in [0.29, 0.717) is 0 Å². The molecule has 0 N–H and O–H groups in total. The highest BCUT2D eigenvalue weighted by molar-refractivity contribution is 7.73. The van der Waals surface area contributed by atoms with Crippen LogP contribution in [0.3, 0.4) is 0 Å². The Hall–Kier alpha value is -2.85. The second-order valence-corrected chi connectivity index (χ2v) is 13.4. The first-order valence-electron chi connectivity index (χ1n) is 12.1. The number of aliphatic imine (C=N–C) groups is 1. The minimum atomic E-state index is -0.458. The highest BCUT2D eigenvalue weighted by atomic mass is 31.1. The van der Waals surface area contributed by atoms with Crippen molar-refractivity contribution in [2.75, 3.05) is 12.3 Å². The smallest absolute Gasteiger partial charge is 0.0727 e. The molecule has 35 heavy (non-hydrogen) atoms. The molecule has 0 radical (unpaired) electrons. The molecule has 3 heteroatoms. The molecule has 0 spiro atoms. The lowest BCUT2D eigenvalue weighted by Crippen LogP contribution is -2.17. The van der Waals surface area contributed by atoms with Gasteiger partial charge in [0.2, 0.25) is 0 Å². The summed E-state index contributed by atoms with van der Waals surface area (Å²) in [5, 5.41) is 5.61. The van der Waals surface area contributed by atoms with Crippen molar-refractivity contribution in [2.45, 2.75) is 19.4 Å². The molecular weight excluding hydrogens is 460 g/mol. The van der Waals surface area contributed by atoms with Gasteiger partial charge in [0.15, 0.2) is 0 Å². The molecule has 0 aliphatic rings. The van der Waals surface area contributed by atoms with Crippen LogP contribution in [0, 0.1) is 0 Å². The van der Waals surface area contributed by atoms with E-state index in [1.807, 2.05) is 0 Å². The van der Waals surface area contributed by atoms with Crippen LogP contribution in [-0.4, -0.2) is 24.1 Å². The molecule has 0 atom stereocenters. The van der Waals surface area contributed by atoms with E-state index in [2.05, 4.69) is 154 Å². The third kappa shape index (κ3) is 7.57. The SMILES string of the molecule is CC(C)(C=CCP(c1ccccc1)c1ccccc1)N=CCP(c1ccccc1)c1ccccc1. The van der Waals surface area contributed by atoms with Crippen LogP contribution in [0.25, 0.3) is 0 Å². The van der Waals surface area contributed by atoms with Gasteiger partial charge in [-0.2, -0.15) is 0 Å². The van der Waals surface area contributed by atoms with Crippen molar-refractivity contribution in [3.05, 3.63) is 133 Å². The number of hydrogen-bond donors (Lipinski definition) is 0. The summed E-state index contributed by atoms with van der Waals surface area (Å²) in [6, 6.07) is 43.5. The molecule has 0 saturated carbocycles. The minimum Gasteiger partial charge on any atom is -0.287 e. The van der Waals surface area contributed by atoms with Crippen LogP contribution in [0.4, 0.5) is 0 Å². The molecular formula is C32H33NP2. The molecule has 1 nitrogen and oxygen atoms in total. The lowest BCUT2D eigenvalue weighted by molar-refractivity contribution is 0.660. The van der Waals surface area contributed by atoms with Gasteiger partial charge < -0.3 is 0 Å². The Morgan fingerprint density at radius 3 is 1.26 bits per heavy atom. The van der Waals surface area contributed by atoms with Crippen LogP contribution in [0.5, 0.6) is 0 Å². The van der Waals surface area contributed by atoms with Crippen molar-refractivity contribution in [1.82, 2.24) is 0 Å². The number of rotatable bonds is 10.